The van der Waals surface area contributed by atoms with Gasteiger partial charge in [-0.2, -0.15) is 0 Å². The summed E-state index contributed by atoms with van der Waals surface area (Å²) in [5.41, 5.74) is 3.91. The lowest BCUT2D eigenvalue weighted by molar-refractivity contribution is 0.269. The van der Waals surface area contributed by atoms with Crippen LogP contribution in [0.25, 0.3) is 0 Å². The highest BCUT2D eigenvalue weighted by molar-refractivity contribution is 5.40. The van der Waals surface area contributed by atoms with E-state index in [4.69, 9.17) is 4.74 Å². The number of phenols is 1. The molecule has 0 radical (unpaired) electrons. The van der Waals surface area contributed by atoms with Gasteiger partial charge in [-0.05, 0) is 17.2 Å². The standard InChI is InChI=1S/C16H17NO2/c1-19-16-8-15(18)7-6-14(16)11-17-9-12-4-2-3-5-13(12)10-17/h2-8,18H,9-11H2,1H3. The van der Waals surface area contributed by atoms with Crippen molar-refractivity contribution in [3.63, 3.8) is 0 Å². The van der Waals surface area contributed by atoms with Gasteiger partial charge in [-0.15, -0.1) is 0 Å². The van der Waals surface area contributed by atoms with Crippen LogP contribution in [0, 0.1) is 0 Å². The average molecular weight is 255 g/mol. The van der Waals surface area contributed by atoms with Gasteiger partial charge in [0.25, 0.3) is 0 Å². The fourth-order valence-corrected chi connectivity index (χ4v) is 2.62. The molecule has 1 heterocycles. The molecule has 0 saturated carbocycles. The summed E-state index contributed by atoms with van der Waals surface area (Å²) >= 11 is 0. The van der Waals surface area contributed by atoms with Crippen molar-refractivity contribution >= 4 is 0 Å². The highest BCUT2D eigenvalue weighted by atomic mass is 16.5. The Morgan fingerprint density at radius 2 is 1.79 bits per heavy atom. The molecule has 0 saturated heterocycles. The van der Waals surface area contributed by atoms with Gasteiger partial charge in [0.2, 0.25) is 0 Å². The Balaban J connectivity index is 1.77. The molecule has 2 aromatic rings. The van der Waals surface area contributed by atoms with Gasteiger partial charge in [0, 0.05) is 31.3 Å². The molecule has 0 aromatic heterocycles. The molecule has 1 N–H and O–H groups in total. The number of hydrogen-bond acceptors (Lipinski definition) is 3. The van der Waals surface area contributed by atoms with Crippen molar-refractivity contribution in [2.75, 3.05) is 7.11 Å². The summed E-state index contributed by atoms with van der Waals surface area (Å²) in [5.74, 6) is 0.987. The smallest absolute Gasteiger partial charge is 0.127 e. The van der Waals surface area contributed by atoms with Crippen LogP contribution in [0.2, 0.25) is 0 Å². The van der Waals surface area contributed by atoms with E-state index in [9.17, 15) is 5.11 Å². The molecule has 0 fully saturated rings. The van der Waals surface area contributed by atoms with Crippen LogP contribution in [0.15, 0.2) is 42.5 Å². The molecule has 98 valence electrons. The second-order valence-corrected chi connectivity index (χ2v) is 4.91. The van der Waals surface area contributed by atoms with Crippen molar-refractivity contribution in [2.45, 2.75) is 19.6 Å². The molecule has 0 atom stereocenters. The number of hydrogen-bond donors (Lipinski definition) is 1. The number of benzene rings is 2. The number of nitrogens with zero attached hydrogens (tertiary/aromatic N) is 1. The molecular formula is C16H17NO2. The highest BCUT2D eigenvalue weighted by Crippen LogP contribution is 2.29. The first-order chi connectivity index (χ1) is 9.26. The third kappa shape index (κ3) is 2.42. The number of aromatic hydroxyl groups is 1. The molecule has 2 aromatic carbocycles. The average Bonchev–Trinajstić information content (AvgIpc) is 2.83. The Bertz CT molecular complexity index is 570. The molecule has 1 aliphatic heterocycles. The van der Waals surface area contributed by atoms with Crippen molar-refractivity contribution < 1.29 is 9.84 Å². The second-order valence-electron chi connectivity index (χ2n) is 4.91. The predicted octanol–water partition coefficient (Wildman–Crippen LogP) is 2.92. The molecule has 1 aliphatic rings. The normalized spacial score (nSPS) is 14.4. The van der Waals surface area contributed by atoms with Crippen molar-refractivity contribution in [2.24, 2.45) is 0 Å². The first-order valence-electron chi connectivity index (χ1n) is 6.41. The number of ether oxygens (including phenoxy) is 1. The minimum Gasteiger partial charge on any atom is -0.508 e. The van der Waals surface area contributed by atoms with Gasteiger partial charge in [-0.3, -0.25) is 4.90 Å². The maximum atomic E-state index is 9.48. The molecular weight excluding hydrogens is 238 g/mol. The number of fused-ring (bicyclic) bond motifs is 1. The second kappa shape index (κ2) is 4.94. The monoisotopic (exact) mass is 255 g/mol. The molecule has 0 bridgehead atoms. The van der Waals surface area contributed by atoms with Gasteiger partial charge < -0.3 is 9.84 Å². The van der Waals surface area contributed by atoms with Crippen LogP contribution < -0.4 is 4.74 Å². The summed E-state index contributed by atoms with van der Waals surface area (Å²) < 4.78 is 5.33. The summed E-state index contributed by atoms with van der Waals surface area (Å²) in [6, 6.07) is 13.8. The summed E-state index contributed by atoms with van der Waals surface area (Å²) in [6.45, 7) is 2.78. The summed E-state index contributed by atoms with van der Waals surface area (Å²) in [4.78, 5) is 2.37. The minimum absolute atomic E-state index is 0.241. The van der Waals surface area contributed by atoms with Crippen LogP contribution in [-0.2, 0) is 19.6 Å². The Labute approximate surface area is 113 Å². The Kier molecular flexibility index (Phi) is 3.13. The van der Waals surface area contributed by atoms with E-state index < -0.39 is 0 Å². The van der Waals surface area contributed by atoms with Gasteiger partial charge in [-0.1, -0.05) is 30.3 Å². The molecule has 3 heteroatoms. The van der Waals surface area contributed by atoms with E-state index in [1.54, 1.807) is 19.2 Å². The van der Waals surface area contributed by atoms with E-state index in [0.29, 0.717) is 0 Å². The Hall–Kier alpha value is -2.00. The zero-order valence-corrected chi connectivity index (χ0v) is 11.0. The van der Waals surface area contributed by atoms with E-state index >= 15 is 0 Å². The van der Waals surface area contributed by atoms with Crippen molar-refractivity contribution in [3.05, 3.63) is 59.2 Å². The number of rotatable bonds is 3. The topological polar surface area (TPSA) is 32.7 Å². The largest absolute Gasteiger partial charge is 0.508 e. The lowest BCUT2D eigenvalue weighted by atomic mass is 10.1. The fraction of sp³-hybridized carbons (Fsp3) is 0.250. The van der Waals surface area contributed by atoms with Gasteiger partial charge >= 0.3 is 0 Å². The predicted molar refractivity (Wildman–Crippen MR) is 74.1 cm³/mol. The SMILES string of the molecule is COc1cc(O)ccc1CN1Cc2ccccc2C1. The molecule has 0 aliphatic carbocycles. The zero-order chi connectivity index (χ0) is 13.2. The molecule has 0 unspecified atom stereocenters. The van der Waals surface area contributed by atoms with E-state index in [1.165, 1.54) is 11.1 Å². The maximum absolute atomic E-state index is 9.48. The van der Waals surface area contributed by atoms with Crippen LogP contribution in [0.3, 0.4) is 0 Å². The molecule has 0 spiro atoms. The Morgan fingerprint density at radius 3 is 2.42 bits per heavy atom. The summed E-state index contributed by atoms with van der Waals surface area (Å²) in [5, 5.41) is 9.48. The Morgan fingerprint density at radius 1 is 1.11 bits per heavy atom. The quantitative estimate of drug-likeness (QED) is 0.915. The van der Waals surface area contributed by atoms with Crippen molar-refractivity contribution in [1.82, 2.24) is 4.90 Å². The van der Waals surface area contributed by atoms with Crippen molar-refractivity contribution in [1.29, 1.82) is 0 Å². The zero-order valence-electron chi connectivity index (χ0n) is 11.0. The first-order valence-corrected chi connectivity index (χ1v) is 6.41. The van der Waals surface area contributed by atoms with E-state index in [0.717, 1.165) is 30.9 Å². The highest BCUT2D eigenvalue weighted by Gasteiger charge is 2.19. The third-order valence-corrected chi connectivity index (χ3v) is 3.57. The molecule has 19 heavy (non-hydrogen) atoms. The van der Waals surface area contributed by atoms with Crippen LogP contribution in [0.1, 0.15) is 16.7 Å². The number of phenolic OH excluding ortho intramolecular Hbond substituents is 1. The molecule has 0 amide bonds. The minimum atomic E-state index is 0.241. The number of methoxy groups -OCH3 is 1. The van der Waals surface area contributed by atoms with E-state index in [2.05, 4.69) is 29.2 Å². The van der Waals surface area contributed by atoms with Gasteiger partial charge in [0.15, 0.2) is 0 Å². The van der Waals surface area contributed by atoms with E-state index in [-0.39, 0.29) is 5.75 Å². The first kappa shape index (κ1) is 12.1. The van der Waals surface area contributed by atoms with Gasteiger partial charge in [0.1, 0.15) is 11.5 Å². The lowest BCUT2D eigenvalue weighted by Gasteiger charge is -2.17. The lowest BCUT2D eigenvalue weighted by Crippen LogP contribution is -2.16. The van der Waals surface area contributed by atoms with E-state index in [1.807, 2.05) is 6.07 Å². The summed E-state index contributed by atoms with van der Waals surface area (Å²) in [7, 11) is 1.64. The summed E-state index contributed by atoms with van der Waals surface area (Å²) in [6.07, 6.45) is 0. The van der Waals surface area contributed by atoms with Crippen LogP contribution in [0.4, 0.5) is 0 Å². The van der Waals surface area contributed by atoms with Crippen LogP contribution in [0.5, 0.6) is 11.5 Å². The maximum Gasteiger partial charge on any atom is 0.127 e. The van der Waals surface area contributed by atoms with Crippen molar-refractivity contribution in [3.8, 4) is 11.5 Å². The van der Waals surface area contributed by atoms with Crippen LogP contribution >= 0.6 is 0 Å². The molecule has 3 rings (SSSR count). The molecule has 3 nitrogen and oxygen atoms in total. The fourth-order valence-electron chi connectivity index (χ4n) is 2.62. The third-order valence-electron chi connectivity index (χ3n) is 3.57. The van der Waals surface area contributed by atoms with Gasteiger partial charge in [-0.25, -0.2) is 0 Å². The van der Waals surface area contributed by atoms with Crippen LogP contribution in [-0.4, -0.2) is 17.1 Å². The van der Waals surface area contributed by atoms with Gasteiger partial charge in [0.05, 0.1) is 7.11 Å².